The van der Waals surface area contributed by atoms with Gasteiger partial charge in [-0.2, -0.15) is 9.97 Å². The first-order chi connectivity index (χ1) is 12.0. The molecule has 126 valence electrons. The van der Waals surface area contributed by atoms with Crippen LogP contribution in [0.15, 0.2) is 39.9 Å². The fraction of sp³-hybridized carbons (Fsp3) is 0.133. The fourth-order valence-electron chi connectivity index (χ4n) is 2.46. The van der Waals surface area contributed by atoms with Gasteiger partial charge in [0.25, 0.3) is 0 Å². The Balaban J connectivity index is 1.57. The van der Waals surface area contributed by atoms with Crippen LogP contribution in [0.1, 0.15) is 0 Å². The molecule has 10 heteroatoms. The summed E-state index contributed by atoms with van der Waals surface area (Å²) in [5.41, 5.74) is 1.68. The zero-order valence-electron chi connectivity index (χ0n) is 12.9. The number of aromatic nitrogens is 5. The lowest BCUT2D eigenvalue weighted by Crippen LogP contribution is -2.21. The normalized spacial score (nSPS) is 11.3. The Hall–Kier alpha value is -3.20. The molecule has 1 amide bonds. The number of hydrogen-bond donors (Lipinski definition) is 1. The smallest absolute Gasteiger partial charge is 0.349 e. The third-order valence-electron chi connectivity index (χ3n) is 3.67. The van der Waals surface area contributed by atoms with Crippen molar-refractivity contribution in [3.05, 3.63) is 46.2 Å². The maximum absolute atomic E-state index is 12.2. The van der Waals surface area contributed by atoms with Crippen molar-refractivity contribution in [1.29, 1.82) is 0 Å². The molecule has 0 spiro atoms. The summed E-state index contributed by atoms with van der Waals surface area (Å²) in [4.78, 5) is 35.8. The van der Waals surface area contributed by atoms with Crippen molar-refractivity contribution >= 4 is 45.8 Å². The highest BCUT2D eigenvalue weighted by Gasteiger charge is 2.13. The van der Waals surface area contributed by atoms with Gasteiger partial charge in [0.2, 0.25) is 5.91 Å². The molecule has 0 bridgehead atoms. The van der Waals surface area contributed by atoms with Crippen LogP contribution in [0.2, 0.25) is 5.02 Å². The van der Waals surface area contributed by atoms with Gasteiger partial charge in [0.05, 0.1) is 12.5 Å². The molecule has 1 N–H and O–H groups in total. The molecule has 9 nitrogen and oxygen atoms in total. The highest BCUT2D eigenvalue weighted by Crippen LogP contribution is 2.22. The molecule has 0 aliphatic heterocycles. The number of benzene rings is 1. The minimum absolute atomic E-state index is 0.0319. The third-order valence-corrected chi connectivity index (χ3v) is 3.91. The Labute approximate surface area is 144 Å². The first-order valence-corrected chi connectivity index (χ1v) is 7.62. The lowest BCUT2D eigenvalue weighted by Gasteiger charge is -2.04. The zero-order valence-corrected chi connectivity index (χ0v) is 13.7. The van der Waals surface area contributed by atoms with E-state index >= 15 is 0 Å². The molecular weight excluding hydrogens is 348 g/mol. The number of fused-ring (bicyclic) bond motifs is 2. The van der Waals surface area contributed by atoms with E-state index in [9.17, 15) is 9.59 Å². The predicted octanol–water partition coefficient (Wildman–Crippen LogP) is 1.56. The average Bonchev–Trinajstić information content (AvgIpc) is 3.14. The summed E-state index contributed by atoms with van der Waals surface area (Å²) in [5.74, 6) is -0.356. The first kappa shape index (κ1) is 15.3. The molecule has 25 heavy (non-hydrogen) atoms. The Morgan fingerprint density at radius 2 is 2.20 bits per heavy atom. The average molecular weight is 359 g/mol. The number of amides is 1. The number of carbonyl (C=O) groups excluding carboxylic acids is 1. The number of anilines is 1. The van der Waals surface area contributed by atoms with Crippen LogP contribution in [0.4, 0.5) is 6.01 Å². The van der Waals surface area contributed by atoms with E-state index in [-0.39, 0.29) is 18.5 Å². The van der Waals surface area contributed by atoms with Gasteiger partial charge < -0.3 is 8.98 Å². The van der Waals surface area contributed by atoms with Gasteiger partial charge in [0, 0.05) is 18.1 Å². The van der Waals surface area contributed by atoms with Crippen molar-refractivity contribution in [3.63, 3.8) is 0 Å². The molecule has 0 atom stereocenters. The summed E-state index contributed by atoms with van der Waals surface area (Å²) in [5, 5.41) is 3.10. The monoisotopic (exact) mass is 358 g/mol. The topological polar surface area (TPSA) is 108 Å². The Morgan fingerprint density at radius 1 is 1.36 bits per heavy atom. The maximum atomic E-state index is 12.2. The number of aryl methyl sites for hydroxylation is 1. The van der Waals surface area contributed by atoms with Gasteiger partial charge in [-0.05, 0) is 12.1 Å². The lowest BCUT2D eigenvalue weighted by atomic mass is 10.3. The number of hydrogen-bond acceptors (Lipinski definition) is 6. The molecule has 0 unspecified atom stereocenters. The second kappa shape index (κ2) is 5.71. The minimum atomic E-state index is -0.410. The molecule has 0 radical (unpaired) electrons. The van der Waals surface area contributed by atoms with Crippen LogP contribution in [0.25, 0.3) is 22.3 Å². The second-order valence-corrected chi connectivity index (χ2v) is 5.80. The van der Waals surface area contributed by atoms with Gasteiger partial charge in [-0.1, -0.05) is 11.6 Å². The molecule has 0 fully saturated rings. The van der Waals surface area contributed by atoms with E-state index in [0.717, 1.165) is 0 Å². The summed E-state index contributed by atoms with van der Waals surface area (Å²) in [7, 11) is 1.57. The molecule has 4 aromatic rings. The number of imidazole rings is 1. The van der Waals surface area contributed by atoms with Crippen molar-refractivity contribution in [2.75, 3.05) is 5.32 Å². The molecule has 3 aromatic heterocycles. The van der Waals surface area contributed by atoms with Gasteiger partial charge in [-0.3, -0.25) is 14.7 Å². The predicted molar refractivity (Wildman–Crippen MR) is 90.4 cm³/mol. The number of rotatable bonds is 3. The molecule has 3 heterocycles. The van der Waals surface area contributed by atoms with Gasteiger partial charge in [-0.25, -0.2) is 9.78 Å². The van der Waals surface area contributed by atoms with E-state index in [1.807, 2.05) is 0 Å². The van der Waals surface area contributed by atoms with Gasteiger partial charge in [0.1, 0.15) is 17.6 Å². The van der Waals surface area contributed by atoms with E-state index in [0.29, 0.717) is 27.3 Å². The van der Waals surface area contributed by atoms with Gasteiger partial charge in [0.15, 0.2) is 11.2 Å². The summed E-state index contributed by atoms with van der Waals surface area (Å²) in [6.07, 6.45) is 2.86. The minimum Gasteiger partial charge on any atom is -0.423 e. The molecule has 4 rings (SSSR count). The van der Waals surface area contributed by atoms with Gasteiger partial charge in [-0.15, -0.1) is 0 Å². The van der Waals surface area contributed by atoms with Crippen molar-refractivity contribution in [1.82, 2.24) is 24.1 Å². The van der Waals surface area contributed by atoms with E-state index in [1.165, 1.54) is 17.1 Å². The third kappa shape index (κ3) is 2.74. The van der Waals surface area contributed by atoms with E-state index in [4.69, 9.17) is 16.0 Å². The Kier molecular flexibility index (Phi) is 3.50. The van der Waals surface area contributed by atoms with Crippen LogP contribution in [0.5, 0.6) is 0 Å². The maximum Gasteiger partial charge on any atom is 0.349 e. The van der Waals surface area contributed by atoms with Crippen LogP contribution >= 0.6 is 11.6 Å². The Bertz CT molecular complexity index is 1180. The number of nitrogens with one attached hydrogen (secondary N) is 1. The number of halogens is 1. The second-order valence-electron chi connectivity index (χ2n) is 5.36. The first-order valence-electron chi connectivity index (χ1n) is 7.24. The molecule has 0 saturated carbocycles. The van der Waals surface area contributed by atoms with E-state index in [1.54, 1.807) is 29.8 Å². The number of nitrogens with zero attached hydrogens (tertiary/aromatic N) is 5. The number of oxazole rings is 1. The van der Waals surface area contributed by atoms with Crippen molar-refractivity contribution < 1.29 is 9.21 Å². The van der Waals surface area contributed by atoms with Crippen LogP contribution in [-0.2, 0) is 18.4 Å². The van der Waals surface area contributed by atoms with Crippen LogP contribution in [0.3, 0.4) is 0 Å². The molecule has 1 aromatic carbocycles. The zero-order chi connectivity index (χ0) is 17.6. The quantitative estimate of drug-likeness (QED) is 0.595. The van der Waals surface area contributed by atoms with Crippen LogP contribution < -0.4 is 11.0 Å². The van der Waals surface area contributed by atoms with E-state index in [2.05, 4.69) is 20.3 Å². The largest absolute Gasteiger partial charge is 0.423 e. The van der Waals surface area contributed by atoms with Gasteiger partial charge >= 0.3 is 11.7 Å². The Morgan fingerprint density at radius 3 is 3.04 bits per heavy atom. The summed E-state index contributed by atoms with van der Waals surface area (Å²) < 4.78 is 8.34. The van der Waals surface area contributed by atoms with Crippen LogP contribution in [-0.4, -0.2) is 30.0 Å². The van der Waals surface area contributed by atoms with E-state index < -0.39 is 5.69 Å². The molecule has 0 aliphatic carbocycles. The number of carbonyl (C=O) groups is 1. The highest BCUT2D eigenvalue weighted by molar-refractivity contribution is 6.31. The summed E-state index contributed by atoms with van der Waals surface area (Å²) >= 11 is 5.89. The van der Waals surface area contributed by atoms with Crippen molar-refractivity contribution in [2.45, 2.75) is 6.54 Å². The van der Waals surface area contributed by atoms with Crippen molar-refractivity contribution in [3.8, 4) is 0 Å². The summed E-state index contributed by atoms with van der Waals surface area (Å²) in [6, 6.07) is 5.09. The molecule has 0 aliphatic rings. The van der Waals surface area contributed by atoms with Crippen molar-refractivity contribution in [2.24, 2.45) is 7.05 Å². The molecular formula is C15H11ClN6O3. The lowest BCUT2D eigenvalue weighted by molar-refractivity contribution is -0.116. The summed E-state index contributed by atoms with van der Waals surface area (Å²) in [6.45, 7) is -0.0319. The SMILES string of the molecule is Cn1c(=O)ncc2c1ncn2CC(=O)Nc1nc2ccc(Cl)cc2o1. The van der Waals surface area contributed by atoms with Crippen LogP contribution in [0, 0.1) is 0 Å². The fourth-order valence-corrected chi connectivity index (χ4v) is 2.62. The highest BCUT2D eigenvalue weighted by atomic mass is 35.5. The molecule has 0 saturated heterocycles. The standard InChI is InChI=1S/C15H11ClN6O3/c1-21-13-10(5-17-15(21)24)22(7-18-13)6-12(23)20-14-19-9-3-2-8(16)4-11(9)25-14/h2-5,7H,6H2,1H3,(H,19,20,23).